The maximum Gasteiger partial charge on any atom is 0.251 e. The maximum atomic E-state index is 11.9. The quantitative estimate of drug-likeness (QED) is 0.796. The fraction of sp³-hybridized carbons (Fsp3) is 0.267. The van der Waals surface area contributed by atoms with Crippen molar-refractivity contribution in [1.82, 2.24) is 10.3 Å². The second-order valence-electron chi connectivity index (χ2n) is 4.53. The molecule has 1 aromatic heterocycles. The van der Waals surface area contributed by atoms with Gasteiger partial charge >= 0.3 is 0 Å². The van der Waals surface area contributed by atoms with Gasteiger partial charge in [0, 0.05) is 28.9 Å². The lowest BCUT2D eigenvalue weighted by atomic mass is 10.2. The summed E-state index contributed by atoms with van der Waals surface area (Å²) in [6.07, 6.45) is 0. The lowest BCUT2D eigenvalue weighted by molar-refractivity contribution is -0.113. The highest BCUT2D eigenvalue weighted by atomic mass is 32.2. The summed E-state index contributed by atoms with van der Waals surface area (Å²) in [7, 11) is 0. The Morgan fingerprint density at radius 3 is 2.86 bits per heavy atom. The van der Waals surface area contributed by atoms with Gasteiger partial charge in [0.2, 0.25) is 5.91 Å². The number of rotatable bonds is 6. The molecule has 1 aromatic carbocycles. The molecular formula is C15H17N3O2S2. The Kier molecular flexibility index (Phi) is 5.97. The molecule has 0 atom stereocenters. The van der Waals surface area contributed by atoms with E-state index in [0.29, 0.717) is 23.5 Å². The summed E-state index contributed by atoms with van der Waals surface area (Å²) in [5.41, 5.74) is 2.11. The van der Waals surface area contributed by atoms with Crippen LogP contribution in [0.3, 0.4) is 0 Å². The zero-order valence-electron chi connectivity index (χ0n) is 12.4. The molecule has 0 aliphatic carbocycles. The molecule has 22 heavy (non-hydrogen) atoms. The first kappa shape index (κ1) is 16.5. The van der Waals surface area contributed by atoms with Crippen LogP contribution in [-0.4, -0.2) is 29.1 Å². The molecule has 2 N–H and O–H groups in total. The van der Waals surface area contributed by atoms with Gasteiger partial charge in [0.15, 0.2) is 4.34 Å². The number of amides is 2. The molecule has 0 saturated heterocycles. The summed E-state index contributed by atoms with van der Waals surface area (Å²) in [5.74, 6) is 0.0235. The SMILES string of the molecule is CCNC(=O)c1cccc(NC(=O)CSc2nc(C)cs2)c1. The minimum Gasteiger partial charge on any atom is -0.352 e. The fourth-order valence-electron chi connectivity index (χ4n) is 1.72. The van der Waals surface area contributed by atoms with Gasteiger partial charge in [0.25, 0.3) is 5.91 Å². The lowest BCUT2D eigenvalue weighted by Gasteiger charge is -2.07. The molecule has 2 aromatic rings. The first-order valence-electron chi connectivity index (χ1n) is 6.81. The number of nitrogens with zero attached hydrogens (tertiary/aromatic N) is 1. The highest BCUT2D eigenvalue weighted by Gasteiger charge is 2.08. The van der Waals surface area contributed by atoms with Crippen LogP contribution in [0.2, 0.25) is 0 Å². The number of aryl methyl sites for hydroxylation is 1. The minimum absolute atomic E-state index is 0.120. The standard InChI is InChI=1S/C15H17N3O2S2/c1-3-16-14(20)11-5-4-6-12(7-11)18-13(19)9-22-15-17-10(2)8-21-15/h4-8H,3,9H2,1-2H3,(H,16,20)(H,18,19). The van der Waals surface area contributed by atoms with E-state index in [1.54, 1.807) is 24.3 Å². The van der Waals surface area contributed by atoms with E-state index in [4.69, 9.17) is 0 Å². The van der Waals surface area contributed by atoms with Gasteiger partial charge < -0.3 is 10.6 Å². The topological polar surface area (TPSA) is 71.1 Å². The first-order chi connectivity index (χ1) is 10.6. The van der Waals surface area contributed by atoms with Gasteiger partial charge in [-0.15, -0.1) is 11.3 Å². The zero-order valence-corrected chi connectivity index (χ0v) is 14.0. The lowest BCUT2D eigenvalue weighted by Crippen LogP contribution is -2.23. The Labute approximate surface area is 137 Å². The van der Waals surface area contributed by atoms with Crippen molar-refractivity contribution in [2.75, 3.05) is 17.6 Å². The predicted octanol–water partition coefficient (Wildman–Crippen LogP) is 2.93. The fourth-order valence-corrected chi connectivity index (χ4v) is 3.37. The average molecular weight is 335 g/mol. The van der Waals surface area contributed by atoms with Gasteiger partial charge in [0.05, 0.1) is 5.75 Å². The van der Waals surface area contributed by atoms with Crippen LogP contribution in [0, 0.1) is 6.92 Å². The highest BCUT2D eigenvalue weighted by Crippen LogP contribution is 2.22. The van der Waals surface area contributed by atoms with E-state index in [0.717, 1.165) is 10.0 Å². The van der Waals surface area contributed by atoms with Crippen molar-refractivity contribution in [3.63, 3.8) is 0 Å². The molecule has 0 aliphatic rings. The number of hydrogen-bond acceptors (Lipinski definition) is 5. The summed E-state index contributed by atoms with van der Waals surface area (Å²) in [6, 6.07) is 6.89. The van der Waals surface area contributed by atoms with Crippen LogP contribution >= 0.6 is 23.1 Å². The van der Waals surface area contributed by atoms with E-state index in [1.165, 1.54) is 23.1 Å². The van der Waals surface area contributed by atoms with Crippen LogP contribution in [0.25, 0.3) is 0 Å². The molecule has 2 amide bonds. The third kappa shape index (κ3) is 4.85. The molecule has 0 fully saturated rings. The number of benzene rings is 1. The molecule has 0 saturated carbocycles. The molecular weight excluding hydrogens is 318 g/mol. The Morgan fingerprint density at radius 2 is 2.18 bits per heavy atom. The van der Waals surface area contributed by atoms with Crippen molar-refractivity contribution in [1.29, 1.82) is 0 Å². The van der Waals surface area contributed by atoms with Crippen LogP contribution in [0.4, 0.5) is 5.69 Å². The number of carbonyl (C=O) groups excluding carboxylic acids is 2. The van der Waals surface area contributed by atoms with Crippen LogP contribution < -0.4 is 10.6 Å². The normalized spacial score (nSPS) is 10.3. The number of hydrogen-bond donors (Lipinski definition) is 2. The number of nitrogens with one attached hydrogen (secondary N) is 2. The molecule has 0 unspecified atom stereocenters. The van der Waals surface area contributed by atoms with E-state index >= 15 is 0 Å². The van der Waals surface area contributed by atoms with Crippen molar-refractivity contribution < 1.29 is 9.59 Å². The van der Waals surface area contributed by atoms with E-state index in [-0.39, 0.29) is 11.8 Å². The Bertz CT molecular complexity index is 670. The van der Waals surface area contributed by atoms with Crippen LogP contribution in [0.15, 0.2) is 34.0 Å². The molecule has 7 heteroatoms. The summed E-state index contributed by atoms with van der Waals surface area (Å²) in [6.45, 7) is 4.36. The number of carbonyl (C=O) groups is 2. The summed E-state index contributed by atoms with van der Waals surface area (Å²) in [5, 5.41) is 7.48. The van der Waals surface area contributed by atoms with Crippen molar-refractivity contribution in [2.45, 2.75) is 18.2 Å². The van der Waals surface area contributed by atoms with Gasteiger partial charge in [-0.05, 0) is 32.0 Å². The molecule has 0 radical (unpaired) electrons. The maximum absolute atomic E-state index is 11.9. The second kappa shape index (κ2) is 7.95. The van der Waals surface area contributed by atoms with Crippen molar-refractivity contribution in [2.24, 2.45) is 0 Å². The Morgan fingerprint density at radius 1 is 1.36 bits per heavy atom. The number of thioether (sulfide) groups is 1. The third-order valence-corrected chi connectivity index (χ3v) is 4.81. The zero-order chi connectivity index (χ0) is 15.9. The summed E-state index contributed by atoms with van der Waals surface area (Å²) >= 11 is 2.93. The number of thiazole rings is 1. The second-order valence-corrected chi connectivity index (χ2v) is 6.61. The van der Waals surface area contributed by atoms with Crippen molar-refractivity contribution in [3.05, 3.63) is 40.9 Å². The average Bonchev–Trinajstić information content (AvgIpc) is 2.91. The van der Waals surface area contributed by atoms with Gasteiger partial charge in [-0.2, -0.15) is 0 Å². The molecule has 0 aliphatic heterocycles. The van der Waals surface area contributed by atoms with Gasteiger partial charge in [0.1, 0.15) is 0 Å². The van der Waals surface area contributed by atoms with Gasteiger partial charge in [-0.3, -0.25) is 9.59 Å². The van der Waals surface area contributed by atoms with Crippen LogP contribution in [-0.2, 0) is 4.79 Å². The van der Waals surface area contributed by atoms with Crippen molar-refractivity contribution >= 4 is 40.6 Å². The Hall–Kier alpha value is -1.86. The largest absolute Gasteiger partial charge is 0.352 e. The van der Waals surface area contributed by atoms with E-state index in [9.17, 15) is 9.59 Å². The van der Waals surface area contributed by atoms with Crippen LogP contribution in [0.1, 0.15) is 23.0 Å². The van der Waals surface area contributed by atoms with Gasteiger partial charge in [-0.25, -0.2) is 4.98 Å². The van der Waals surface area contributed by atoms with E-state index in [2.05, 4.69) is 15.6 Å². The molecule has 116 valence electrons. The monoisotopic (exact) mass is 335 g/mol. The van der Waals surface area contributed by atoms with Gasteiger partial charge in [-0.1, -0.05) is 17.8 Å². The van der Waals surface area contributed by atoms with E-state index < -0.39 is 0 Å². The summed E-state index contributed by atoms with van der Waals surface area (Å²) in [4.78, 5) is 28.0. The molecule has 0 bridgehead atoms. The first-order valence-corrected chi connectivity index (χ1v) is 8.68. The van der Waals surface area contributed by atoms with Crippen molar-refractivity contribution in [3.8, 4) is 0 Å². The third-order valence-electron chi connectivity index (χ3n) is 2.67. The predicted molar refractivity (Wildman–Crippen MR) is 90.7 cm³/mol. The number of aromatic nitrogens is 1. The molecule has 5 nitrogen and oxygen atoms in total. The highest BCUT2D eigenvalue weighted by molar-refractivity contribution is 8.01. The number of anilines is 1. The summed E-state index contributed by atoms with van der Waals surface area (Å²) < 4.78 is 0.878. The van der Waals surface area contributed by atoms with E-state index in [1.807, 2.05) is 19.2 Å². The Balaban J connectivity index is 1.91. The molecule has 1 heterocycles. The molecule has 0 spiro atoms. The van der Waals surface area contributed by atoms with Crippen LogP contribution in [0.5, 0.6) is 0 Å². The minimum atomic E-state index is -0.147. The smallest absolute Gasteiger partial charge is 0.251 e. The molecule has 2 rings (SSSR count).